The molecule has 0 bridgehead atoms. The van der Waals surface area contributed by atoms with Crippen LogP contribution in [0.2, 0.25) is 0 Å². The van der Waals surface area contributed by atoms with Crippen LogP contribution in [-0.2, 0) is 11.3 Å². The molecular formula is C17H29N3O2. The molecule has 5 nitrogen and oxygen atoms in total. The molecule has 1 saturated heterocycles. The highest BCUT2D eigenvalue weighted by Crippen LogP contribution is 2.25. The predicted octanol–water partition coefficient (Wildman–Crippen LogP) is 1.70. The van der Waals surface area contributed by atoms with Crippen molar-refractivity contribution < 1.29 is 9.47 Å². The van der Waals surface area contributed by atoms with E-state index >= 15 is 0 Å². The molecule has 1 fully saturated rings. The van der Waals surface area contributed by atoms with Gasteiger partial charge in [0.1, 0.15) is 5.75 Å². The van der Waals surface area contributed by atoms with Crippen LogP contribution in [0.3, 0.4) is 0 Å². The molecule has 0 saturated carbocycles. The number of nitrogens with two attached hydrogens (primary N) is 1. The minimum absolute atomic E-state index is 0.553. The predicted molar refractivity (Wildman–Crippen MR) is 90.6 cm³/mol. The summed E-state index contributed by atoms with van der Waals surface area (Å²) in [5.41, 5.74) is 8.13. The number of anilines is 1. The van der Waals surface area contributed by atoms with E-state index in [0.717, 1.165) is 69.4 Å². The topological polar surface area (TPSA) is 51.0 Å². The molecule has 124 valence electrons. The molecule has 2 rings (SSSR count). The Kier molecular flexibility index (Phi) is 6.96. The molecule has 0 atom stereocenters. The van der Waals surface area contributed by atoms with Gasteiger partial charge in [-0.1, -0.05) is 6.07 Å². The van der Waals surface area contributed by atoms with Crippen LogP contribution in [0, 0.1) is 0 Å². The third kappa shape index (κ3) is 4.87. The normalized spacial score (nSPS) is 15.8. The van der Waals surface area contributed by atoms with Crippen LogP contribution in [0.4, 0.5) is 5.69 Å². The van der Waals surface area contributed by atoms with Crippen molar-refractivity contribution in [1.82, 2.24) is 4.90 Å². The summed E-state index contributed by atoms with van der Waals surface area (Å²) >= 11 is 0. The first-order valence-electron chi connectivity index (χ1n) is 8.21. The van der Waals surface area contributed by atoms with E-state index in [2.05, 4.69) is 35.9 Å². The maximum Gasteiger partial charge on any atom is 0.121 e. The second kappa shape index (κ2) is 8.98. The number of hydrogen-bond donors (Lipinski definition) is 1. The Morgan fingerprint density at radius 3 is 2.77 bits per heavy atom. The maximum atomic E-state index is 5.91. The SMILES string of the molecule is CCN(C)c1cc(OCCCN2CCOCC2)ccc1CN. The summed E-state index contributed by atoms with van der Waals surface area (Å²) in [6, 6.07) is 6.18. The Morgan fingerprint density at radius 1 is 1.32 bits per heavy atom. The van der Waals surface area contributed by atoms with E-state index in [1.54, 1.807) is 0 Å². The second-order valence-corrected chi connectivity index (χ2v) is 5.66. The van der Waals surface area contributed by atoms with Gasteiger partial charge in [0.05, 0.1) is 19.8 Å². The van der Waals surface area contributed by atoms with Crippen LogP contribution >= 0.6 is 0 Å². The van der Waals surface area contributed by atoms with Crippen molar-refractivity contribution >= 4 is 5.69 Å². The Morgan fingerprint density at radius 2 is 2.09 bits per heavy atom. The van der Waals surface area contributed by atoms with Crippen LogP contribution in [0.5, 0.6) is 5.75 Å². The lowest BCUT2D eigenvalue weighted by atomic mass is 10.1. The molecule has 1 aromatic carbocycles. The van der Waals surface area contributed by atoms with E-state index in [0.29, 0.717) is 6.54 Å². The van der Waals surface area contributed by atoms with Crippen molar-refractivity contribution in [2.45, 2.75) is 19.9 Å². The van der Waals surface area contributed by atoms with Crippen molar-refractivity contribution in [1.29, 1.82) is 0 Å². The molecule has 2 N–H and O–H groups in total. The van der Waals surface area contributed by atoms with Crippen LogP contribution in [0.15, 0.2) is 18.2 Å². The van der Waals surface area contributed by atoms with Gasteiger partial charge in [0.2, 0.25) is 0 Å². The lowest BCUT2D eigenvalue weighted by Crippen LogP contribution is -2.37. The average molecular weight is 307 g/mol. The van der Waals surface area contributed by atoms with Gasteiger partial charge in [-0.25, -0.2) is 0 Å². The van der Waals surface area contributed by atoms with Crippen LogP contribution in [0.1, 0.15) is 18.9 Å². The van der Waals surface area contributed by atoms with Crippen molar-refractivity contribution in [2.24, 2.45) is 5.73 Å². The van der Waals surface area contributed by atoms with Gasteiger partial charge in [-0.05, 0) is 25.0 Å². The van der Waals surface area contributed by atoms with Gasteiger partial charge in [0, 0.05) is 51.5 Å². The number of morpholine rings is 1. The number of nitrogens with zero attached hydrogens (tertiary/aromatic N) is 2. The van der Waals surface area contributed by atoms with Gasteiger partial charge in [0.25, 0.3) is 0 Å². The minimum atomic E-state index is 0.553. The molecule has 0 aromatic heterocycles. The molecule has 5 heteroatoms. The zero-order valence-corrected chi connectivity index (χ0v) is 13.9. The molecule has 0 radical (unpaired) electrons. The molecule has 1 aliphatic heterocycles. The van der Waals surface area contributed by atoms with Crippen molar-refractivity contribution in [2.75, 3.05) is 57.9 Å². The summed E-state index contributed by atoms with van der Waals surface area (Å²) in [7, 11) is 2.08. The van der Waals surface area contributed by atoms with E-state index < -0.39 is 0 Å². The van der Waals surface area contributed by atoms with Crippen molar-refractivity contribution in [3.63, 3.8) is 0 Å². The Hall–Kier alpha value is -1.30. The van der Waals surface area contributed by atoms with E-state index in [1.807, 2.05) is 6.07 Å². The van der Waals surface area contributed by atoms with E-state index in [4.69, 9.17) is 15.2 Å². The average Bonchev–Trinajstić information content (AvgIpc) is 2.58. The summed E-state index contributed by atoms with van der Waals surface area (Å²) in [6.07, 6.45) is 1.04. The molecule has 0 amide bonds. The third-order valence-corrected chi connectivity index (χ3v) is 4.15. The summed E-state index contributed by atoms with van der Waals surface area (Å²) in [4.78, 5) is 4.63. The van der Waals surface area contributed by atoms with E-state index in [9.17, 15) is 0 Å². The summed E-state index contributed by atoms with van der Waals surface area (Å²) < 4.78 is 11.3. The van der Waals surface area contributed by atoms with Crippen LogP contribution in [-0.4, -0.2) is 57.9 Å². The highest BCUT2D eigenvalue weighted by molar-refractivity contribution is 5.56. The fourth-order valence-electron chi connectivity index (χ4n) is 2.63. The van der Waals surface area contributed by atoms with Crippen LogP contribution < -0.4 is 15.4 Å². The van der Waals surface area contributed by atoms with Gasteiger partial charge in [0.15, 0.2) is 0 Å². The monoisotopic (exact) mass is 307 g/mol. The quantitative estimate of drug-likeness (QED) is 0.741. The molecule has 1 heterocycles. The zero-order chi connectivity index (χ0) is 15.8. The molecule has 0 spiro atoms. The maximum absolute atomic E-state index is 5.91. The summed E-state index contributed by atoms with van der Waals surface area (Å²) in [5, 5.41) is 0. The minimum Gasteiger partial charge on any atom is -0.493 e. The van der Waals surface area contributed by atoms with Gasteiger partial charge in [-0.3, -0.25) is 4.90 Å². The molecule has 0 unspecified atom stereocenters. The molecule has 0 aliphatic carbocycles. The number of hydrogen-bond acceptors (Lipinski definition) is 5. The number of benzene rings is 1. The fraction of sp³-hybridized carbons (Fsp3) is 0.647. The highest BCUT2D eigenvalue weighted by Gasteiger charge is 2.10. The first-order valence-corrected chi connectivity index (χ1v) is 8.21. The van der Waals surface area contributed by atoms with Gasteiger partial charge >= 0.3 is 0 Å². The molecule has 22 heavy (non-hydrogen) atoms. The molecule has 1 aromatic rings. The number of rotatable bonds is 8. The second-order valence-electron chi connectivity index (χ2n) is 5.66. The lowest BCUT2D eigenvalue weighted by Gasteiger charge is -2.26. The standard InChI is InChI=1S/C17H29N3O2/c1-3-19(2)17-13-16(6-5-15(17)14-18)22-10-4-7-20-8-11-21-12-9-20/h5-6,13H,3-4,7-12,14,18H2,1-2H3. The van der Waals surface area contributed by atoms with E-state index in [-0.39, 0.29) is 0 Å². The third-order valence-electron chi connectivity index (χ3n) is 4.15. The number of ether oxygens (including phenoxy) is 2. The van der Waals surface area contributed by atoms with Gasteiger partial charge < -0.3 is 20.1 Å². The molecule has 1 aliphatic rings. The highest BCUT2D eigenvalue weighted by atomic mass is 16.5. The first-order chi connectivity index (χ1) is 10.7. The Bertz CT molecular complexity index is 448. The summed E-state index contributed by atoms with van der Waals surface area (Å²) in [6.45, 7) is 9.25. The van der Waals surface area contributed by atoms with E-state index in [1.165, 1.54) is 0 Å². The largest absolute Gasteiger partial charge is 0.493 e. The fourth-order valence-corrected chi connectivity index (χ4v) is 2.63. The lowest BCUT2D eigenvalue weighted by molar-refractivity contribution is 0.0358. The van der Waals surface area contributed by atoms with Crippen molar-refractivity contribution in [3.8, 4) is 5.75 Å². The zero-order valence-electron chi connectivity index (χ0n) is 13.9. The summed E-state index contributed by atoms with van der Waals surface area (Å²) in [5.74, 6) is 0.925. The first kappa shape index (κ1) is 17.1. The van der Waals surface area contributed by atoms with Crippen LogP contribution in [0.25, 0.3) is 0 Å². The van der Waals surface area contributed by atoms with Crippen molar-refractivity contribution in [3.05, 3.63) is 23.8 Å². The Balaban J connectivity index is 1.81. The molecular weight excluding hydrogens is 278 g/mol. The Labute approximate surface area is 134 Å². The smallest absolute Gasteiger partial charge is 0.121 e. The van der Waals surface area contributed by atoms with Gasteiger partial charge in [-0.15, -0.1) is 0 Å². The van der Waals surface area contributed by atoms with Gasteiger partial charge in [-0.2, -0.15) is 0 Å².